The Hall–Kier alpha value is -1.40. The summed E-state index contributed by atoms with van der Waals surface area (Å²) in [5.74, 6) is 0. The third kappa shape index (κ3) is 2.07. The Morgan fingerprint density at radius 1 is 1.62 bits per heavy atom. The Morgan fingerprint density at radius 2 is 2.38 bits per heavy atom. The molecule has 2 heterocycles. The molecule has 0 saturated carbocycles. The van der Waals surface area contributed by atoms with Crippen molar-refractivity contribution in [1.29, 1.82) is 0 Å². The van der Waals surface area contributed by atoms with Gasteiger partial charge in [-0.3, -0.25) is 9.36 Å². The van der Waals surface area contributed by atoms with Crippen LogP contribution in [0.4, 0.5) is 5.69 Å². The van der Waals surface area contributed by atoms with Crippen molar-refractivity contribution < 1.29 is 0 Å². The molecule has 0 unspecified atom stereocenters. The molecule has 0 aliphatic carbocycles. The molecule has 5 nitrogen and oxygen atoms in total. The fraction of sp³-hybridized carbons (Fsp3) is 0.222. The third-order valence-corrected chi connectivity index (χ3v) is 3.25. The highest BCUT2D eigenvalue weighted by Crippen LogP contribution is 2.11. The van der Waals surface area contributed by atoms with Crippen LogP contribution >= 0.6 is 22.9 Å². The summed E-state index contributed by atoms with van der Waals surface area (Å²) in [6.45, 7) is 2.27. The first-order valence-corrected chi connectivity index (χ1v) is 5.75. The predicted octanol–water partition coefficient (Wildman–Crippen LogP) is 1.29. The van der Waals surface area contributed by atoms with E-state index in [9.17, 15) is 4.79 Å². The average Bonchev–Trinajstić information content (AvgIpc) is 2.65. The Morgan fingerprint density at radius 3 is 3.00 bits per heavy atom. The van der Waals surface area contributed by atoms with Crippen molar-refractivity contribution in [3.8, 4) is 0 Å². The molecule has 0 radical (unpaired) electrons. The smallest absolute Gasteiger partial charge is 0.278 e. The van der Waals surface area contributed by atoms with E-state index in [1.165, 1.54) is 22.2 Å². The Bertz CT molecular complexity index is 577. The number of thiazole rings is 1. The van der Waals surface area contributed by atoms with E-state index < -0.39 is 0 Å². The van der Waals surface area contributed by atoms with Gasteiger partial charge in [0.25, 0.3) is 5.56 Å². The van der Waals surface area contributed by atoms with Crippen molar-refractivity contribution in [3.63, 3.8) is 0 Å². The molecule has 2 rings (SSSR count). The molecular formula is C9H9ClN4OS. The minimum absolute atomic E-state index is 0.0301. The molecule has 0 spiro atoms. The Kier molecular flexibility index (Phi) is 2.93. The topological polar surface area (TPSA) is 73.8 Å². The van der Waals surface area contributed by atoms with Gasteiger partial charge in [-0.05, 0) is 6.92 Å². The molecule has 0 aliphatic heterocycles. The second-order valence-electron chi connectivity index (χ2n) is 3.26. The SMILES string of the molecule is Cc1csc(Cn2cnc(Cl)c(N)c2=O)n1. The van der Waals surface area contributed by atoms with Gasteiger partial charge in [0.2, 0.25) is 0 Å². The molecule has 0 aliphatic rings. The van der Waals surface area contributed by atoms with Crippen molar-refractivity contribution >= 4 is 28.6 Å². The van der Waals surface area contributed by atoms with Crippen LogP contribution in [0.5, 0.6) is 0 Å². The molecule has 0 aromatic carbocycles. The average molecular weight is 257 g/mol. The van der Waals surface area contributed by atoms with Crippen LogP contribution in [0.2, 0.25) is 5.15 Å². The summed E-state index contributed by atoms with van der Waals surface area (Å²) < 4.78 is 1.39. The standard InChI is InChI=1S/C9H9ClN4OS/c1-5-3-16-6(13-5)2-14-4-12-8(10)7(11)9(14)15/h3-4H,2,11H2,1H3. The van der Waals surface area contributed by atoms with E-state index >= 15 is 0 Å². The van der Waals surface area contributed by atoms with E-state index in [0.29, 0.717) is 6.54 Å². The first-order valence-electron chi connectivity index (χ1n) is 4.49. The van der Waals surface area contributed by atoms with E-state index in [-0.39, 0.29) is 16.4 Å². The van der Waals surface area contributed by atoms with Crippen LogP contribution in [-0.2, 0) is 6.54 Å². The van der Waals surface area contributed by atoms with Crippen molar-refractivity contribution in [3.05, 3.63) is 37.9 Å². The van der Waals surface area contributed by atoms with Crippen LogP contribution in [0, 0.1) is 6.92 Å². The zero-order valence-corrected chi connectivity index (χ0v) is 10.0. The van der Waals surface area contributed by atoms with Crippen molar-refractivity contribution in [1.82, 2.24) is 14.5 Å². The Balaban J connectivity index is 2.36. The van der Waals surface area contributed by atoms with Gasteiger partial charge in [-0.2, -0.15) is 0 Å². The van der Waals surface area contributed by atoms with E-state index in [1.807, 2.05) is 12.3 Å². The van der Waals surface area contributed by atoms with Crippen LogP contribution in [0.15, 0.2) is 16.5 Å². The fourth-order valence-corrected chi connectivity index (χ4v) is 2.11. The summed E-state index contributed by atoms with van der Waals surface area (Å²) in [4.78, 5) is 19.8. The van der Waals surface area contributed by atoms with Gasteiger partial charge in [0, 0.05) is 11.1 Å². The third-order valence-electron chi connectivity index (χ3n) is 2.00. The molecule has 0 amide bonds. The highest BCUT2D eigenvalue weighted by Gasteiger charge is 2.07. The number of nitrogen functional groups attached to an aromatic ring is 1. The highest BCUT2D eigenvalue weighted by molar-refractivity contribution is 7.09. The van der Waals surface area contributed by atoms with Crippen LogP contribution in [0.3, 0.4) is 0 Å². The van der Waals surface area contributed by atoms with Gasteiger partial charge in [0.1, 0.15) is 10.7 Å². The molecule has 0 atom stereocenters. The molecule has 0 bridgehead atoms. The minimum atomic E-state index is -0.340. The molecule has 84 valence electrons. The maximum atomic E-state index is 11.7. The lowest BCUT2D eigenvalue weighted by Crippen LogP contribution is -2.24. The predicted molar refractivity (Wildman–Crippen MR) is 63.9 cm³/mol. The summed E-state index contributed by atoms with van der Waals surface area (Å²) in [7, 11) is 0. The van der Waals surface area contributed by atoms with Crippen LogP contribution in [0.1, 0.15) is 10.7 Å². The van der Waals surface area contributed by atoms with Crippen LogP contribution < -0.4 is 11.3 Å². The van der Waals surface area contributed by atoms with Crippen molar-refractivity contribution in [2.24, 2.45) is 0 Å². The minimum Gasteiger partial charge on any atom is -0.392 e. The van der Waals surface area contributed by atoms with E-state index in [2.05, 4.69) is 9.97 Å². The van der Waals surface area contributed by atoms with Crippen LogP contribution in [0.25, 0.3) is 0 Å². The maximum absolute atomic E-state index is 11.7. The molecule has 2 aromatic heterocycles. The lowest BCUT2D eigenvalue weighted by atomic mass is 10.5. The monoisotopic (exact) mass is 256 g/mol. The number of anilines is 1. The summed E-state index contributed by atoms with van der Waals surface area (Å²) in [6, 6.07) is 0. The lowest BCUT2D eigenvalue weighted by Gasteiger charge is -2.03. The largest absolute Gasteiger partial charge is 0.392 e. The number of nitrogens with zero attached hydrogens (tertiary/aromatic N) is 3. The first kappa shape index (κ1) is 11.1. The van der Waals surface area contributed by atoms with Gasteiger partial charge >= 0.3 is 0 Å². The van der Waals surface area contributed by atoms with Gasteiger partial charge in [0.05, 0.1) is 12.9 Å². The quantitative estimate of drug-likeness (QED) is 0.822. The number of hydrogen-bond acceptors (Lipinski definition) is 5. The number of aromatic nitrogens is 3. The maximum Gasteiger partial charge on any atom is 0.278 e. The lowest BCUT2D eigenvalue weighted by molar-refractivity contribution is 0.733. The summed E-state index contributed by atoms with van der Waals surface area (Å²) in [5.41, 5.74) is 6.06. The fourth-order valence-electron chi connectivity index (χ4n) is 1.22. The molecular weight excluding hydrogens is 248 g/mol. The second-order valence-corrected chi connectivity index (χ2v) is 4.57. The summed E-state index contributed by atoms with van der Waals surface area (Å²) in [5, 5.41) is 2.80. The molecule has 0 saturated heterocycles. The van der Waals surface area contributed by atoms with Gasteiger partial charge in [-0.1, -0.05) is 11.6 Å². The summed E-state index contributed by atoms with van der Waals surface area (Å²) >= 11 is 7.12. The molecule has 2 N–H and O–H groups in total. The molecule has 7 heteroatoms. The van der Waals surface area contributed by atoms with E-state index in [1.54, 1.807) is 0 Å². The number of rotatable bonds is 2. The zero-order chi connectivity index (χ0) is 11.7. The van der Waals surface area contributed by atoms with E-state index in [4.69, 9.17) is 17.3 Å². The van der Waals surface area contributed by atoms with Gasteiger partial charge in [0.15, 0.2) is 5.15 Å². The van der Waals surface area contributed by atoms with Gasteiger partial charge < -0.3 is 5.73 Å². The number of aryl methyl sites for hydroxylation is 1. The molecule has 2 aromatic rings. The molecule has 0 fully saturated rings. The Labute approximate surface area is 101 Å². The first-order chi connectivity index (χ1) is 7.58. The van der Waals surface area contributed by atoms with Gasteiger partial charge in [-0.25, -0.2) is 9.97 Å². The number of nitrogens with two attached hydrogens (primary N) is 1. The van der Waals surface area contributed by atoms with Gasteiger partial charge in [-0.15, -0.1) is 11.3 Å². The van der Waals surface area contributed by atoms with Crippen molar-refractivity contribution in [2.75, 3.05) is 5.73 Å². The number of hydrogen-bond donors (Lipinski definition) is 1. The number of halogens is 1. The second kappa shape index (κ2) is 4.23. The molecule has 16 heavy (non-hydrogen) atoms. The normalized spacial score (nSPS) is 10.6. The van der Waals surface area contributed by atoms with E-state index in [0.717, 1.165) is 10.7 Å². The van der Waals surface area contributed by atoms with Crippen LogP contribution in [-0.4, -0.2) is 14.5 Å². The van der Waals surface area contributed by atoms with Crippen molar-refractivity contribution in [2.45, 2.75) is 13.5 Å². The summed E-state index contributed by atoms with van der Waals surface area (Å²) in [6.07, 6.45) is 1.37. The zero-order valence-electron chi connectivity index (χ0n) is 8.48. The highest BCUT2D eigenvalue weighted by atomic mass is 35.5.